The Labute approximate surface area is 118 Å². The SMILES string of the molecule is COc1ccc(-c2ccccc2C(F)(F)F)cc1C(=O)O. The molecule has 0 aliphatic heterocycles. The van der Waals surface area contributed by atoms with Crippen molar-refractivity contribution in [2.75, 3.05) is 7.11 Å². The number of methoxy groups -OCH3 is 1. The quantitative estimate of drug-likeness (QED) is 0.928. The van der Waals surface area contributed by atoms with Gasteiger partial charge in [0.25, 0.3) is 0 Å². The molecule has 0 saturated carbocycles. The van der Waals surface area contributed by atoms with Crippen LogP contribution in [-0.2, 0) is 6.18 Å². The molecule has 0 fully saturated rings. The summed E-state index contributed by atoms with van der Waals surface area (Å²) in [5.74, 6) is -1.17. The van der Waals surface area contributed by atoms with Gasteiger partial charge in [0.2, 0.25) is 0 Å². The lowest BCUT2D eigenvalue weighted by atomic mass is 9.97. The highest BCUT2D eigenvalue weighted by Crippen LogP contribution is 2.38. The molecule has 110 valence electrons. The number of benzene rings is 2. The Morgan fingerprint density at radius 2 is 1.81 bits per heavy atom. The van der Waals surface area contributed by atoms with Gasteiger partial charge in [-0.05, 0) is 29.3 Å². The molecule has 2 rings (SSSR count). The largest absolute Gasteiger partial charge is 0.496 e. The lowest BCUT2D eigenvalue weighted by Gasteiger charge is -2.14. The zero-order chi connectivity index (χ0) is 15.6. The van der Waals surface area contributed by atoms with E-state index in [1.165, 1.54) is 43.5 Å². The second-order valence-corrected chi connectivity index (χ2v) is 4.26. The lowest BCUT2D eigenvalue weighted by molar-refractivity contribution is -0.137. The molecule has 2 aromatic rings. The second kappa shape index (κ2) is 5.47. The highest BCUT2D eigenvalue weighted by molar-refractivity contribution is 5.93. The highest BCUT2D eigenvalue weighted by Gasteiger charge is 2.33. The average Bonchev–Trinajstić information content (AvgIpc) is 2.45. The van der Waals surface area contributed by atoms with Gasteiger partial charge in [0, 0.05) is 0 Å². The minimum absolute atomic E-state index is 0.0739. The van der Waals surface area contributed by atoms with Crippen molar-refractivity contribution >= 4 is 5.97 Å². The zero-order valence-corrected chi connectivity index (χ0v) is 10.9. The maximum Gasteiger partial charge on any atom is 0.417 e. The van der Waals surface area contributed by atoms with Gasteiger partial charge in [-0.2, -0.15) is 13.2 Å². The van der Waals surface area contributed by atoms with Crippen molar-refractivity contribution in [2.24, 2.45) is 0 Å². The van der Waals surface area contributed by atoms with Crippen LogP contribution >= 0.6 is 0 Å². The Hall–Kier alpha value is -2.50. The van der Waals surface area contributed by atoms with Crippen LogP contribution in [0, 0.1) is 0 Å². The number of halogens is 3. The molecule has 0 bridgehead atoms. The van der Waals surface area contributed by atoms with Crippen LogP contribution in [0.15, 0.2) is 42.5 Å². The maximum absolute atomic E-state index is 13.0. The number of carboxylic acids is 1. The van der Waals surface area contributed by atoms with E-state index in [1.807, 2.05) is 0 Å². The Morgan fingerprint density at radius 1 is 1.14 bits per heavy atom. The summed E-state index contributed by atoms with van der Waals surface area (Å²) in [6.07, 6.45) is -4.51. The number of hydrogen-bond acceptors (Lipinski definition) is 2. The van der Waals surface area contributed by atoms with Crippen LogP contribution in [0.4, 0.5) is 13.2 Å². The molecule has 0 atom stereocenters. The van der Waals surface area contributed by atoms with E-state index in [0.717, 1.165) is 6.07 Å². The van der Waals surface area contributed by atoms with Gasteiger partial charge in [0.05, 0.1) is 12.7 Å². The topological polar surface area (TPSA) is 46.5 Å². The van der Waals surface area contributed by atoms with Gasteiger partial charge < -0.3 is 9.84 Å². The first-order valence-electron chi connectivity index (χ1n) is 5.92. The minimum Gasteiger partial charge on any atom is -0.496 e. The first-order valence-corrected chi connectivity index (χ1v) is 5.92. The van der Waals surface area contributed by atoms with E-state index in [0.29, 0.717) is 0 Å². The molecule has 1 N–H and O–H groups in total. The fourth-order valence-corrected chi connectivity index (χ4v) is 2.02. The summed E-state index contributed by atoms with van der Waals surface area (Å²) < 4.78 is 43.9. The predicted octanol–water partition coefficient (Wildman–Crippen LogP) is 4.08. The smallest absolute Gasteiger partial charge is 0.417 e. The van der Waals surface area contributed by atoms with Gasteiger partial charge in [-0.3, -0.25) is 0 Å². The van der Waals surface area contributed by atoms with Crippen LogP contribution in [-0.4, -0.2) is 18.2 Å². The molecular formula is C15H11F3O3. The minimum atomic E-state index is -4.51. The number of ether oxygens (including phenoxy) is 1. The molecule has 0 heterocycles. The Balaban J connectivity index is 2.63. The molecule has 0 aliphatic carbocycles. The first kappa shape index (κ1) is 14.9. The van der Waals surface area contributed by atoms with E-state index in [1.54, 1.807) is 0 Å². The predicted molar refractivity (Wildman–Crippen MR) is 70.4 cm³/mol. The van der Waals surface area contributed by atoms with Gasteiger partial charge in [-0.15, -0.1) is 0 Å². The fourth-order valence-electron chi connectivity index (χ4n) is 2.02. The monoisotopic (exact) mass is 296 g/mol. The number of hydrogen-bond donors (Lipinski definition) is 1. The molecule has 0 radical (unpaired) electrons. The number of alkyl halides is 3. The summed E-state index contributed by atoms with van der Waals surface area (Å²) in [6.45, 7) is 0. The van der Waals surface area contributed by atoms with Crippen LogP contribution in [0.2, 0.25) is 0 Å². The summed E-state index contributed by atoms with van der Waals surface area (Å²) in [4.78, 5) is 11.1. The summed E-state index contributed by atoms with van der Waals surface area (Å²) >= 11 is 0. The number of aromatic carboxylic acids is 1. The third-order valence-electron chi connectivity index (χ3n) is 2.97. The third kappa shape index (κ3) is 2.99. The van der Waals surface area contributed by atoms with Crippen molar-refractivity contribution in [3.05, 3.63) is 53.6 Å². The Kier molecular flexibility index (Phi) is 3.88. The van der Waals surface area contributed by atoms with E-state index in [2.05, 4.69) is 0 Å². The molecule has 3 nitrogen and oxygen atoms in total. The van der Waals surface area contributed by atoms with Crippen molar-refractivity contribution in [3.8, 4) is 16.9 Å². The van der Waals surface area contributed by atoms with Crippen LogP contribution in [0.3, 0.4) is 0 Å². The van der Waals surface area contributed by atoms with Gasteiger partial charge >= 0.3 is 12.1 Å². The highest BCUT2D eigenvalue weighted by atomic mass is 19.4. The summed E-state index contributed by atoms with van der Waals surface area (Å²) in [7, 11) is 1.30. The Morgan fingerprint density at radius 3 is 2.38 bits per heavy atom. The molecule has 0 saturated heterocycles. The maximum atomic E-state index is 13.0. The number of carboxylic acid groups (broad SMARTS) is 1. The number of carbonyl (C=O) groups is 1. The lowest BCUT2D eigenvalue weighted by Crippen LogP contribution is -2.07. The van der Waals surface area contributed by atoms with Gasteiger partial charge in [-0.25, -0.2) is 4.79 Å². The van der Waals surface area contributed by atoms with Crippen molar-refractivity contribution in [1.29, 1.82) is 0 Å². The third-order valence-corrected chi connectivity index (χ3v) is 2.97. The van der Waals surface area contributed by atoms with E-state index in [4.69, 9.17) is 9.84 Å². The van der Waals surface area contributed by atoms with E-state index in [-0.39, 0.29) is 22.4 Å². The van der Waals surface area contributed by atoms with Gasteiger partial charge in [0.1, 0.15) is 11.3 Å². The normalized spacial score (nSPS) is 11.2. The van der Waals surface area contributed by atoms with Crippen molar-refractivity contribution in [1.82, 2.24) is 0 Å². The molecule has 2 aromatic carbocycles. The molecule has 0 amide bonds. The van der Waals surface area contributed by atoms with E-state index in [9.17, 15) is 18.0 Å². The zero-order valence-electron chi connectivity index (χ0n) is 10.9. The summed E-state index contributed by atoms with van der Waals surface area (Å²) in [5, 5.41) is 9.10. The Bertz CT molecular complexity index is 678. The van der Waals surface area contributed by atoms with Crippen LogP contribution in [0.5, 0.6) is 5.75 Å². The van der Waals surface area contributed by atoms with Gasteiger partial charge in [0.15, 0.2) is 0 Å². The van der Waals surface area contributed by atoms with E-state index < -0.39 is 17.7 Å². The molecule has 21 heavy (non-hydrogen) atoms. The number of rotatable bonds is 3. The molecular weight excluding hydrogens is 285 g/mol. The second-order valence-electron chi connectivity index (χ2n) is 4.26. The fraction of sp³-hybridized carbons (Fsp3) is 0.133. The molecule has 0 spiro atoms. The van der Waals surface area contributed by atoms with Gasteiger partial charge in [-0.1, -0.05) is 24.3 Å². The molecule has 0 aliphatic rings. The van der Waals surface area contributed by atoms with Crippen molar-refractivity contribution in [3.63, 3.8) is 0 Å². The van der Waals surface area contributed by atoms with Crippen molar-refractivity contribution in [2.45, 2.75) is 6.18 Å². The summed E-state index contributed by atoms with van der Waals surface area (Å²) in [5.41, 5.74) is -0.908. The first-order chi connectivity index (χ1) is 9.84. The van der Waals surface area contributed by atoms with Crippen LogP contribution in [0.25, 0.3) is 11.1 Å². The molecule has 0 unspecified atom stereocenters. The average molecular weight is 296 g/mol. The molecule has 0 aromatic heterocycles. The standard InChI is InChI=1S/C15H11F3O3/c1-21-13-7-6-9(8-11(13)14(19)20)10-4-2-3-5-12(10)15(16,17)18/h2-8H,1H3,(H,19,20). The molecule has 6 heteroatoms. The van der Waals surface area contributed by atoms with Crippen LogP contribution < -0.4 is 4.74 Å². The van der Waals surface area contributed by atoms with E-state index >= 15 is 0 Å². The van der Waals surface area contributed by atoms with Crippen molar-refractivity contribution < 1.29 is 27.8 Å². The summed E-state index contributed by atoms with van der Waals surface area (Å²) in [6, 6.07) is 8.92. The van der Waals surface area contributed by atoms with Crippen LogP contribution in [0.1, 0.15) is 15.9 Å².